The molecule has 0 bridgehead atoms. The highest BCUT2D eigenvalue weighted by molar-refractivity contribution is 7.99. The number of rotatable bonds is 0. The molecule has 4 unspecified atom stereocenters. The summed E-state index contributed by atoms with van der Waals surface area (Å²) in [5.41, 5.74) is -0.662. The van der Waals surface area contributed by atoms with Gasteiger partial charge in [-0.25, -0.2) is 17.9 Å². The summed E-state index contributed by atoms with van der Waals surface area (Å²) in [5.74, 6) is -4.09. The molecule has 0 spiro atoms. The number of carbonyl (C=O) groups is 1. The molecule has 1 saturated heterocycles. The van der Waals surface area contributed by atoms with Gasteiger partial charge in [-0.1, -0.05) is 6.92 Å². The minimum absolute atomic E-state index is 0.191. The predicted octanol–water partition coefficient (Wildman–Crippen LogP) is 3.64. The maximum Gasteiger partial charge on any atom is 0.420 e. The number of aliphatic hydroxyl groups is 1. The van der Waals surface area contributed by atoms with Crippen LogP contribution in [0.25, 0.3) is 0 Å². The Balaban J connectivity index is 2.19. The molecule has 1 saturated carbocycles. The Morgan fingerprint density at radius 3 is 2.48 bits per heavy atom. The third-order valence-electron chi connectivity index (χ3n) is 4.18. The van der Waals surface area contributed by atoms with Crippen molar-refractivity contribution in [2.24, 2.45) is 11.8 Å². The molecule has 0 aromatic rings. The second-order valence-electron chi connectivity index (χ2n) is 7.16. The van der Waals surface area contributed by atoms with Gasteiger partial charge in [0.1, 0.15) is 10.5 Å². The van der Waals surface area contributed by atoms with Crippen molar-refractivity contribution < 1.29 is 23.4 Å². The molecule has 1 aliphatic carbocycles. The van der Waals surface area contributed by atoms with Gasteiger partial charge in [0, 0.05) is 11.8 Å². The summed E-state index contributed by atoms with van der Waals surface area (Å²) in [5, 5.41) is 10.6. The number of amides is 1. The molecule has 2 fully saturated rings. The zero-order valence-corrected chi connectivity index (χ0v) is 13.8. The molecular formula is C14H23F2NO3S. The molecule has 7 heteroatoms. The zero-order chi connectivity index (χ0) is 16.2. The molecule has 1 amide bonds. The lowest BCUT2D eigenvalue weighted by Crippen LogP contribution is -2.49. The van der Waals surface area contributed by atoms with Crippen LogP contribution >= 0.6 is 11.9 Å². The van der Waals surface area contributed by atoms with Crippen molar-refractivity contribution in [2.75, 3.05) is 0 Å². The highest BCUT2D eigenvalue weighted by Gasteiger charge is 2.62. The Hall–Kier alpha value is -0.560. The summed E-state index contributed by atoms with van der Waals surface area (Å²) in [6.07, 6.45) is -1.02. The summed E-state index contributed by atoms with van der Waals surface area (Å²) in [7, 11) is 0. The van der Waals surface area contributed by atoms with Gasteiger partial charge in [0.25, 0.3) is 5.92 Å². The van der Waals surface area contributed by atoms with Crippen LogP contribution in [-0.2, 0) is 4.74 Å². The Bertz CT molecular complexity index is 440. The summed E-state index contributed by atoms with van der Waals surface area (Å²) in [4.78, 5) is 10.6. The molecular weight excluding hydrogens is 300 g/mol. The van der Waals surface area contributed by atoms with Gasteiger partial charge < -0.3 is 9.84 Å². The van der Waals surface area contributed by atoms with Crippen LogP contribution in [0.1, 0.15) is 47.5 Å². The van der Waals surface area contributed by atoms with Crippen LogP contribution in [0.3, 0.4) is 0 Å². The molecule has 2 aliphatic rings. The minimum atomic E-state index is -2.91. The lowest BCUT2D eigenvalue weighted by atomic mass is 9.74. The number of ether oxygens (including phenoxy) is 1. The van der Waals surface area contributed by atoms with Crippen LogP contribution in [0.4, 0.5) is 13.6 Å². The van der Waals surface area contributed by atoms with Crippen LogP contribution < -0.4 is 0 Å². The third kappa shape index (κ3) is 3.13. The normalized spacial score (nSPS) is 39.0. The molecule has 0 aromatic heterocycles. The van der Waals surface area contributed by atoms with Crippen LogP contribution in [0.15, 0.2) is 0 Å². The molecule has 1 N–H and O–H groups in total. The number of halogens is 2. The Labute approximate surface area is 128 Å². The first-order valence-electron chi connectivity index (χ1n) is 7.17. The van der Waals surface area contributed by atoms with Crippen molar-refractivity contribution >= 4 is 18.0 Å². The SMILES string of the molecule is CC1C2CC(C)C(F)(F)CC2(O)SN1C(=O)OC(C)(C)C. The fraction of sp³-hybridized carbons (Fsp3) is 0.929. The second kappa shape index (κ2) is 4.98. The molecule has 122 valence electrons. The zero-order valence-electron chi connectivity index (χ0n) is 13.0. The molecule has 2 rings (SSSR count). The van der Waals surface area contributed by atoms with Gasteiger partial charge in [-0.05, 0) is 46.1 Å². The number of nitrogens with zero attached hydrogens (tertiary/aromatic N) is 1. The quantitative estimate of drug-likeness (QED) is 0.692. The molecule has 4 nitrogen and oxygen atoms in total. The average Bonchev–Trinajstić information content (AvgIpc) is 2.50. The van der Waals surface area contributed by atoms with Crippen LogP contribution in [0.5, 0.6) is 0 Å². The number of fused-ring (bicyclic) bond motifs is 1. The van der Waals surface area contributed by atoms with Gasteiger partial charge in [0.2, 0.25) is 0 Å². The maximum absolute atomic E-state index is 13.9. The lowest BCUT2D eigenvalue weighted by Gasteiger charge is -2.41. The fourth-order valence-electron chi connectivity index (χ4n) is 2.98. The van der Waals surface area contributed by atoms with Gasteiger partial charge in [0.05, 0.1) is 12.5 Å². The molecule has 4 atom stereocenters. The van der Waals surface area contributed by atoms with Crippen molar-refractivity contribution in [3.63, 3.8) is 0 Å². The molecule has 0 aromatic carbocycles. The summed E-state index contributed by atoms with van der Waals surface area (Å²) >= 11 is 0.792. The van der Waals surface area contributed by atoms with E-state index in [9.17, 15) is 18.7 Å². The summed E-state index contributed by atoms with van der Waals surface area (Å²) < 4.78 is 34.4. The van der Waals surface area contributed by atoms with E-state index in [-0.39, 0.29) is 18.4 Å². The van der Waals surface area contributed by atoms with Crippen molar-refractivity contribution in [3.8, 4) is 0 Å². The predicted molar refractivity (Wildman–Crippen MR) is 76.9 cm³/mol. The molecule has 21 heavy (non-hydrogen) atoms. The standard InChI is InChI=1S/C14H23F2NO3S/c1-8-6-10-9(2)17(11(18)20-12(3,4)5)21-14(10,19)7-13(8,15)16/h8-10,19H,6-7H2,1-5H3. The lowest BCUT2D eigenvalue weighted by molar-refractivity contribution is -0.146. The minimum Gasteiger partial charge on any atom is -0.443 e. The highest BCUT2D eigenvalue weighted by atomic mass is 32.2. The third-order valence-corrected chi connectivity index (χ3v) is 5.62. The number of carbonyl (C=O) groups excluding carboxylic acids is 1. The largest absolute Gasteiger partial charge is 0.443 e. The molecule has 1 aliphatic heterocycles. The fourth-order valence-corrected chi connectivity index (χ4v) is 4.43. The number of hydrogen-bond acceptors (Lipinski definition) is 4. The van der Waals surface area contributed by atoms with Crippen molar-refractivity contribution in [1.82, 2.24) is 4.31 Å². The monoisotopic (exact) mass is 323 g/mol. The van der Waals surface area contributed by atoms with Crippen molar-refractivity contribution in [1.29, 1.82) is 0 Å². The van der Waals surface area contributed by atoms with Crippen LogP contribution in [0.2, 0.25) is 0 Å². The number of hydrogen-bond donors (Lipinski definition) is 1. The first-order valence-corrected chi connectivity index (χ1v) is 7.94. The van der Waals surface area contributed by atoms with E-state index in [1.807, 2.05) is 0 Å². The first-order chi connectivity index (χ1) is 9.36. The van der Waals surface area contributed by atoms with Gasteiger partial charge >= 0.3 is 6.09 Å². The van der Waals surface area contributed by atoms with E-state index < -0.39 is 34.9 Å². The average molecular weight is 323 g/mol. The topological polar surface area (TPSA) is 49.8 Å². The van der Waals surface area contributed by atoms with E-state index in [0.717, 1.165) is 11.9 Å². The number of alkyl halides is 2. The molecule has 0 radical (unpaired) electrons. The smallest absolute Gasteiger partial charge is 0.420 e. The Morgan fingerprint density at radius 2 is 1.95 bits per heavy atom. The van der Waals surface area contributed by atoms with E-state index in [1.165, 1.54) is 11.2 Å². The van der Waals surface area contributed by atoms with E-state index in [4.69, 9.17) is 4.74 Å². The van der Waals surface area contributed by atoms with E-state index >= 15 is 0 Å². The van der Waals surface area contributed by atoms with E-state index in [2.05, 4.69) is 0 Å². The Morgan fingerprint density at radius 1 is 1.38 bits per heavy atom. The first kappa shape index (κ1) is 16.8. The van der Waals surface area contributed by atoms with Crippen molar-refractivity contribution in [2.45, 2.75) is 70.0 Å². The van der Waals surface area contributed by atoms with Gasteiger partial charge in [-0.2, -0.15) is 0 Å². The summed E-state index contributed by atoms with van der Waals surface area (Å²) in [6, 6.07) is -0.339. The highest BCUT2D eigenvalue weighted by Crippen LogP contribution is 2.58. The van der Waals surface area contributed by atoms with Crippen LogP contribution in [0, 0.1) is 11.8 Å². The van der Waals surface area contributed by atoms with Crippen molar-refractivity contribution in [3.05, 3.63) is 0 Å². The van der Waals surface area contributed by atoms with Gasteiger partial charge in [-0.15, -0.1) is 0 Å². The summed E-state index contributed by atoms with van der Waals surface area (Å²) in [6.45, 7) is 8.50. The van der Waals surface area contributed by atoms with Crippen LogP contribution in [-0.4, -0.2) is 38.0 Å². The Kier molecular flexibility index (Phi) is 3.98. The molecule has 1 heterocycles. The van der Waals surface area contributed by atoms with Gasteiger partial charge in [-0.3, -0.25) is 0 Å². The maximum atomic E-state index is 13.9. The second-order valence-corrected chi connectivity index (χ2v) is 8.45. The van der Waals surface area contributed by atoms with E-state index in [0.29, 0.717) is 0 Å². The van der Waals surface area contributed by atoms with E-state index in [1.54, 1.807) is 27.7 Å². The van der Waals surface area contributed by atoms with Gasteiger partial charge in [0.15, 0.2) is 0 Å².